The Balaban J connectivity index is 1.39. The second-order valence-electron chi connectivity index (χ2n) is 9.88. The molecule has 1 amide bonds. The number of piperidine rings is 2. The monoisotopic (exact) mass is 476 g/mol. The van der Waals surface area contributed by atoms with Crippen LogP contribution in [-0.4, -0.2) is 68.7 Å². The van der Waals surface area contributed by atoms with E-state index in [1.54, 1.807) is 27.4 Å². The zero-order valence-electron chi connectivity index (χ0n) is 19.5. The Labute approximate surface area is 194 Å². The highest BCUT2D eigenvalue weighted by atomic mass is 32.2. The van der Waals surface area contributed by atoms with Crippen molar-refractivity contribution < 1.29 is 27.1 Å². The third-order valence-electron chi connectivity index (χ3n) is 7.20. The van der Waals surface area contributed by atoms with Gasteiger partial charge in [-0.15, -0.1) is 0 Å². The van der Waals surface area contributed by atoms with Gasteiger partial charge in [0.1, 0.15) is 5.58 Å². The topological polar surface area (TPSA) is 89.3 Å². The van der Waals surface area contributed by atoms with Crippen LogP contribution in [0.5, 0.6) is 0 Å². The van der Waals surface area contributed by atoms with Gasteiger partial charge in [0.05, 0.1) is 18.1 Å². The van der Waals surface area contributed by atoms with E-state index < -0.39 is 15.8 Å². The minimum Gasteiger partial charge on any atom is -0.451 e. The first-order valence-corrected chi connectivity index (χ1v) is 13.2. The molecule has 2 aromatic rings. The van der Waals surface area contributed by atoms with E-state index >= 15 is 0 Å². The zero-order chi connectivity index (χ0) is 23.4. The highest BCUT2D eigenvalue weighted by Crippen LogP contribution is 2.34. The molecule has 2 atom stereocenters. The lowest BCUT2D eigenvalue weighted by molar-refractivity contribution is -0.181. The molecule has 0 unspecified atom stereocenters. The van der Waals surface area contributed by atoms with E-state index in [0.717, 1.165) is 6.42 Å². The average molecular weight is 477 g/mol. The Kier molecular flexibility index (Phi) is 5.79. The summed E-state index contributed by atoms with van der Waals surface area (Å²) in [5.41, 5.74) is 1.19. The third-order valence-corrected chi connectivity index (χ3v) is 9.03. The van der Waals surface area contributed by atoms with Gasteiger partial charge in [-0.25, -0.2) is 8.42 Å². The molecule has 0 N–H and O–H groups in total. The summed E-state index contributed by atoms with van der Waals surface area (Å²) in [7, 11) is -3.61. The van der Waals surface area contributed by atoms with Crippen molar-refractivity contribution in [1.82, 2.24) is 9.21 Å². The predicted molar refractivity (Wildman–Crippen MR) is 122 cm³/mol. The molecule has 3 fully saturated rings. The van der Waals surface area contributed by atoms with Crippen molar-refractivity contribution in [2.24, 2.45) is 11.8 Å². The van der Waals surface area contributed by atoms with Crippen molar-refractivity contribution in [2.45, 2.75) is 50.7 Å². The first kappa shape index (κ1) is 22.8. The van der Waals surface area contributed by atoms with E-state index in [0.29, 0.717) is 80.6 Å². The SMILES string of the molecule is Cc1c(C(=O)N2CCC3(CC2)OCCO3)oc2ccc(S(=O)(=O)N3C[C@@H](C)C[C@H](C)C3)cc12. The molecule has 0 bridgehead atoms. The summed E-state index contributed by atoms with van der Waals surface area (Å²) in [5, 5.41) is 0.661. The van der Waals surface area contributed by atoms with Crippen LogP contribution >= 0.6 is 0 Å². The number of carbonyl (C=O) groups excluding carboxylic acids is 1. The maximum absolute atomic E-state index is 13.3. The number of furan rings is 1. The van der Waals surface area contributed by atoms with Crippen LogP contribution in [0.2, 0.25) is 0 Å². The van der Waals surface area contributed by atoms with Gasteiger partial charge in [-0.3, -0.25) is 4.79 Å². The van der Waals surface area contributed by atoms with Crippen molar-refractivity contribution in [1.29, 1.82) is 0 Å². The highest BCUT2D eigenvalue weighted by molar-refractivity contribution is 7.89. The fourth-order valence-electron chi connectivity index (χ4n) is 5.50. The molecule has 1 aromatic heterocycles. The summed E-state index contributed by atoms with van der Waals surface area (Å²) in [5.74, 6) is 0.196. The molecule has 180 valence electrons. The van der Waals surface area contributed by atoms with E-state index in [1.165, 1.54) is 0 Å². The number of fused-ring (bicyclic) bond motifs is 1. The van der Waals surface area contributed by atoms with Crippen LogP contribution < -0.4 is 0 Å². The lowest BCUT2D eigenvalue weighted by Gasteiger charge is -2.37. The fraction of sp³-hybridized carbons (Fsp3) is 0.625. The minimum atomic E-state index is -3.61. The molecule has 33 heavy (non-hydrogen) atoms. The van der Waals surface area contributed by atoms with E-state index in [2.05, 4.69) is 13.8 Å². The Morgan fingerprint density at radius 3 is 2.33 bits per heavy atom. The molecule has 0 aliphatic carbocycles. The van der Waals surface area contributed by atoms with Crippen molar-refractivity contribution in [3.05, 3.63) is 29.5 Å². The largest absolute Gasteiger partial charge is 0.451 e. The summed E-state index contributed by atoms with van der Waals surface area (Å²) < 4.78 is 45.7. The second kappa shape index (κ2) is 8.37. The maximum atomic E-state index is 13.3. The first-order chi connectivity index (χ1) is 15.7. The van der Waals surface area contributed by atoms with Crippen molar-refractivity contribution >= 4 is 26.9 Å². The zero-order valence-corrected chi connectivity index (χ0v) is 20.3. The molecule has 5 rings (SSSR count). The van der Waals surface area contributed by atoms with Gasteiger partial charge in [0.2, 0.25) is 10.0 Å². The average Bonchev–Trinajstić information content (AvgIpc) is 3.37. The molecular formula is C24H32N2O6S. The lowest BCUT2D eigenvalue weighted by Crippen LogP contribution is -2.47. The number of aryl methyl sites for hydroxylation is 1. The molecule has 9 heteroatoms. The summed E-state index contributed by atoms with van der Waals surface area (Å²) in [6, 6.07) is 4.89. The number of nitrogens with zero attached hydrogens (tertiary/aromatic N) is 2. The molecule has 1 spiro atoms. The molecular weight excluding hydrogens is 444 g/mol. The van der Waals surface area contributed by atoms with Crippen LogP contribution in [0.25, 0.3) is 11.0 Å². The van der Waals surface area contributed by atoms with Gasteiger partial charge in [0, 0.05) is 50.0 Å². The van der Waals surface area contributed by atoms with Crippen LogP contribution in [0.1, 0.15) is 49.2 Å². The predicted octanol–water partition coefficient (Wildman–Crippen LogP) is 3.39. The summed E-state index contributed by atoms with van der Waals surface area (Å²) in [4.78, 5) is 15.2. The quantitative estimate of drug-likeness (QED) is 0.675. The number of sulfonamides is 1. The molecule has 0 radical (unpaired) electrons. The van der Waals surface area contributed by atoms with Gasteiger partial charge in [0.15, 0.2) is 11.5 Å². The molecule has 0 saturated carbocycles. The Morgan fingerprint density at radius 2 is 1.70 bits per heavy atom. The van der Waals surface area contributed by atoms with Crippen molar-refractivity contribution in [3.63, 3.8) is 0 Å². The van der Waals surface area contributed by atoms with Crippen LogP contribution in [0.15, 0.2) is 27.5 Å². The normalized spacial score (nSPS) is 26.3. The molecule has 3 saturated heterocycles. The maximum Gasteiger partial charge on any atom is 0.289 e. The van der Waals surface area contributed by atoms with E-state index in [-0.39, 0.29) is 16.6 Å². The van der Waals surface area contributed by atoms with E-state index in [9.17, 15) is 13.2 Å². The number of benzene rings is 1. The number of rotatable bonds is 3. The van der Waals surface area contributed by atoms with E-state index in [4.69, 9.17) is 13.9 Å². The Hall–Kier alpha value is -1.94. The van der Waals surface area contributed by atoms with Gasteiger partial charge in [-0.1, -0.05) is 13.8 Å². The first-order valence-electron chi connectivity index (χ1n) is 11.8. The van der Waals surface area contributed by atoms with Crippen molar-refractivity contribution in [2.75, 3.05) is 39.4 Å². The fourth-order valence-corrected chi connectivity index (χ4v) is 7.20. The molecule has 8 nitrogen and oxygen atoms in total. The highest BCUT2D eigenvalue weighted by Gasteiger charge is 2.41. The second-order valence-corrected chi connectivity index (χ2v) is 11.8. The number of carbonyl (C=O) groups is 1. The smallest absolute Gasteiger partial charge is 0.289 e. The van der Waals surface area contributed by atoms with Gasteiger partial charge < -0.3 is 18.8 Å². The molecule has 1 aromatic carbocycles. The summed E-state index contributed by atoms with van der Waals surface area (Å²) in [6.45, 7) is 9.30. The Bertz CT molecular complexity index is 1150. The number of amides is 1. The van der Waals surface area contributed by atoms with Crippen LogP contribution in [0, 0.1) is 18.8 Å². The van der Waals surface area contributed by atoms with Gasteiger partial charge >= 0.3 is 0 Å². The van der Waals surface area contributed by atoms with Crippen molar-refractivity contribution in [3.8, 4) is 0 Å². The number of hydrogen-bond acceptors (Lipinski definition) is 6. The number of likely N-dealkylation sites (tertiary alicyclic amines) is 1. The van der Waals surface area contributed by atoms with Gasteiger partial charge in [-0.05, 0) is 43.4 Å². The van der Waals surface area contributed by atoms with Gasteiger partial charge in [0.25, 0.3) is 5.91 Å². The molecule has 3 aliphatic heterocycles. The van der Waals surface area contributed by atoms with Crippen LogP contribution in [-0.2, 0) is 19.5 Å². The standard InChI is InChI=1S/C24H32N2O6S/c1-16-12-17(2)15-26(14-16)33(28,29)19-4-5-21-20(13-19)18(3)22(32-21)23(27)25-8-6-24(7-9-25)30-10-11-31-24/h4-5,13,16-17H,6-12,14-15H2,1-3H3/t16-,17-/m0/s1. The Morgan fingerprint density at radius 1 is 1.06 bits per heavy atom. The summed E-state index contributed by atoms with van der Waals surface area (Å²) >= 11 is 0. The number of hydrogen-bond donors (Lipinski definition) is 0. The van der Waals surface area contributed by atoms with Crippen LogP contribution in [0.3, 0.4) is 0 Å². The lowest BCUT2D eigenvalue weighted by atomic mass is 9.94. The molecule has 3 aliphatic rings. The summed E-state index contributed by atoms with van der Waals surface area (Å²) in [6.07, 6.45) is 2.30. The third kappa shape index (κ3) is 4.09. The van der Waals surface area contributed by atoms with E-state index in [1.807, 2.05) is 6.92 Å². The molecule has 4 heterocycles. The number of ether oxygens (including phenoxy) is 2. The van der Waals surface area contributed by atoms with Crippen LogP contribution in [0.4, 0.5) is 0 Å². The minimum absolute atomic E-state index is 0.181. The van der Waals surface area contributed by atoms with Gasteiger partial charge in [-0.2, -0.15) is 4.31 Å².